The van der Waals surface area contributed by atoms with Gasteiger partial charge in [0.15, 0.2) is 0 Å². The number of nitrogen functional groups attached to an aromatic ring is 1. The third-order valence-corrected chi connectivity index (χ3v) is 4.48. The van der Waals surface area contributed by atoms with Gasteiger partial charge in [0.1, 0.15) is 5.75 Å². The Balaban J connectivity index is 1.87. The molecule has 1 unspecified atom stereocenters. The largest absolute Gasteiger partial charge is 0.496 e. The van der Waals surface area contributed by atoms with Crippen LogP contribution in [0.15, 0.2) is 42.5 Å². The van der Waals surface area contributed by atoms with Crippen molar-refractivity contribution in [3.63, 3.8) is 0 Å². The second-order valence-electron chi connectivity index (χ2n) is 5.62. The Hall–Kier alpha value is -2.00. The molecule has 110 valence electrons. The first-order valence-electron chi connectivity index (χ1n) is 7.44. The highest BCUT2D eigenvalue weighted by Crippen LogP contribution is 2.33. The number of methoxy groups -OCH3 is 1. The lowest BCUT2D eigenvalue weighted by Gasteiger charge is -2.35. The van der Waals surface area contributed by atoms with Crippen molar-refractivity contribution >= 4 is 5.69 Å². The summed E-state index contributed by atoms with van der Waals surface area (Å²) in [5, 5.41) is 0. The summed E-state index contributed by atoms with van der Waals surface area (Å²) in [5.41, 5.74) is 11.0. The van der Waals surface area contributed by atoms with Crippen molar-refractivity contribution in [2.24, 2.45) is 0 Å². The fourth-order valence-corrected chi connectivity index (χ4v) is 3.17. The van der Waals surface area contributed by atoms with Crippen LogP contribution in [-0.4, -0.2) is 18.6 Å². The molecule has 2 aromatic carbocycles. The molecule has 0 aliphatic carbocycles. The van der Waals surface area contributed by atoms with Gasteiger partial charge in [-0.2, -0.15) is 0 Å². The van der Waals surface area contributed by atoms with E-state index in [0.29, 0.717) is 6.04 Å². The van der Waals surface area contributed by atoms with Gasteiger partial charge in [-0.05, 0) is 36.6 Å². The summed E-state index contributed by atoms with van der Waals surface area (Å²) >= 11 is 0. The van der Waals surface area contributed by atoms with Crippen LogP contribution in [-0.2, 0) is 13.0 Å². The monoisotopic (exact) mass is 282 g/mol. The zero-order valence-electron chi connectivity index (χ0n) is 12.7. The van der Waals surface area contributed by atoms with Gasteiger partial charge < -0.3 is 10.5 Å². The quantitative estimate of drug-likeness (QED) is 0.877. The van der Waals surface area contributed by atoms with Gasteiger partial charge in [-0.1, -0.05) is 30.3 Å². The molecule has 1 aliphatic heterocycles. The Morgan fingerprint density at radius 3 is 2.76 bits per heavy atom. The first kappa shape index (κ1) is 14.0. The van der Waals surface area contributed by atoms with Crippen LogP contribution >= 0.6 is 0 Å². The van der Waals surface area contributed by atoms with Gasteiger partial charge in [-0.15, -0.1) is 0 Å². The Morgan fingerprint density at radius 1 is 1.14 bits per heavy atom. The van der Waals surface area contributed by atoms with Gasteiger partial charge in [0.05, 0.1) is 7.11 Å². The lowest BCUT2D eigenvalue weighted by molar-refractivity contribution is 0.189. The summed E-state index contributed by atoms with van der Waals surface area (Å²) in [6.45, 7) is 4.19. The number of ether oxygens (including phenoxy) is 1. The fourth-order valence-electron chi connectivity index (χ4n) is 3.17. The van der Waals surface area contributed by atoms with E-state index < -0.39 is 0 Å². The SMILES string of the molecule is COc1ccccc1C(C)N1CCc2cccc(N)c2C1. The Morgan fingerprint density at radius 2 is 1.95 bits per heavy atom. The van der Waals surface area contributed by atoms with Crippen molar-refractivity contribution in [2.45, 2.75) is 25.9 Å². The maximum Gasteiger partial charge on any atom is 0.123 e. The minimum Gasteiger partial charge on any atom is -0.496 e. The van der Waals surface area contributed by atoms with Gasteiger partial charge in [0.2, 0.25) is 0 Å². The van der Waals surface area contributed by atoms with E-state index in [9.17, 15) is 0 Å². The van der Waals surface area contributed by atoms with Crippen LogP contribution in [0.1, 0.15) is 29.7 Å². The van der Waals surface area contributed by atoms with E-state index in [0.717, 1.165) is 30.9 Å². The maximum atomic E-state index is 6.15. The molecule has 1 atom stereocenters. The van der Waals surface area contributed by atoms with E-state index in [1.807, 2.05) is 24.3 Å². The van der Waals surface area contributed by atoms with Gasteiger partial charge in [-0.3, -0.25) is 4.90 Å². The van der Waals surface area contributed by atoms with Crippen molar-refractivity contribution in [1.82, 2.24) is 4.90 Å². The Bertz CT molecular complexity index is 639. The van der Waals surface area contributed by atoms with E-state index in [1.54, 1.807) is 7.11 Å². The molecule has 0 saturated carbocycles. The zero-order valence-corrected chi connectivity index (χ0v) is 12.7. The molecule has 0 aromatic heterocycles. The van der Waals surface area contributed by atoms with Crippen LogP contribution in [0.25, 0.3) is 0 Å². The second kappa shape index (κ2) is 5.78. The molecule has 0 spiro atoms. The fraction of sp³-hybridized carbons (Fsp3) is 0.333. The van der Waals surface area contributed by atoms with E-state index in [4.69, 9.17) is 10.5 Å². The van der Waals surface area contributed by atoms with Gasteiger partial charge in [0, 0.05) is 30.4 Å². The van der Waals surface area contributed by atoms with Crippen LogP contribution in [0.5, 0.6) is 5.75 Å². The Labute approximate surface area is 126 Å². The van der Waals surface area contributed by atoms with Crippen LogP contribution in [0.4, 0.5) is 5.69 Å². The van der Waals surface area contributed by atoms with Crippen molar-refractivity contribution < 1.29 is 4.74 Å². The standard InChI is InChI=1S/C18H22N2O/c1-13(15-7-3-4-9-18(15)21-2)20-11-10-14-6-5-8-17(19)16(14)12-20/h3-9,13H,10-12,19H2,1-2H3. The van der Waals surface area contributed by atoms with E-state index in [2.05, 4.69) is 30.0 Å². The molecule has 1 heterocycles. The Kier molecular flexibility index (Phi) is 3.84. The summed E-state index contributed by atoms with van der Waals surface area (Å²) < 4.78 is 5.50. The normalized spacial score (nSPS) is 16.3. The summed E-state index contributed by atoms with van der Waals surface area (Å²) in [6, 6.07) is 14.8. The first-order valence-corrected chi connectivity index (χ1v) is 7.44. The summed E-state index contributed by atoms with van der Waals surface area (Å²) in [6.07, 6.45) is 1.06. The zero-order chi connectivity index (χ0) is 14.8. The number of fused-ring (bicyclic) bond motifs is 1. The predicted octanol–water partition coefficient (Wildman–Crippen LogP) is 3.40. The van der Waals surface area contributed by atoms with Gasteiger partial charge in [-0.25, -0.2) is 0 Å². The average Bonchev–Trinajstić information content (AvgIpc) is 2.54. The molecule has 0 amide bonds. The highest BCUT2D eigenvalue weighted by atomic mass is 16.5. The molecular formula is C18H22N2O. The molecule has 2 aromatic rings. The van der Waals surface area contributed by atoms with E-state index >= 15 is 0 Å². The number of nitrogens with zero attached hydrogens (tertiary/aromatic N) is 1. The maximum absolute atomic E-state index is 6.15. The minimum atomic E-state index is 0.314. The third-order valence-electron chi connectivity index (χ3n) is 4.48. The van der Waals surface area contributed by atoms with Gasteiger partial charge in [0.25, 0.3) is 0 Å². The van der Waals surface area contributed by atoms with Gasteiger partial charge >= 0.3 is 0 Å². The number of rotatable bonds is 3. The molecule has 0 saturated heterocycles. The molecule has 3 rings (SSSR count). The molecule has 3 nitrogen and oxygen atoms in total. The van der Waals surface area contributed by atoms with Crippen molar-refractivity contribution in [3.8, 4) is 5.75 Å². The number of hydrogen-bond acceptors (Lipinski definition) is 3. The average molecular weight is 282 g/mol. The van der Waals surface area contributed by atoms with Crippen LogP contribution in [0, 0.1) is 0 Å². The molecule has 0 bridgehead atoms. The predicted molar refractivity (Wildman–Crippen MR) is 86.4 cm³/mol. The highest BCUT2D eigenvalue weighted by molar-refractivity contribution is 5.52. The molecule has 0 fully saturated rings. The van der Waals surface area contributed by atoms with Crippen LogP contribution in [0.2, 0.25) is 0 Å². The molecule has 0 radical (unpaired) electrons. The number of nitrogens with two attached hydrogens (primary N) is 1. The van der Waals surface area contributed by atoms with Crippen LogP contribution < -0.4 is 10.5 Å². The van der Waals surface area contributed by atoms with Crippen LogP contribution in [0.3, 0.4) is 0 Å². The first-order chi connectivity index (χ1) is 10.2. The summed E-state index contributed by atoms with van der Waals surface area (Å²) in [4.78, 5) is 2.47. The van der Waals surface area contributed by atoms with Crippen molar-refractivity contribution in [1.29, 1.82) is 0 Å². The molecule has 2 N–H and O–H groups in total. The number of para-hydroxylation sites is 1. The highest BCUT2D eigenvalue weighted by Gasteiger charge is 2.24. The third kappa shape index (κ3) is 2.61. The second-order valence-corrected chi connectivity index (χ2v) is 5.62. The topological polar surface area (TPSA) is 38.5 Å². The number of benzene rings is 2. The van der Waals surface area contributed by atoms with E-state index in [-0.39, 0.29) is 0 Å². The number of hydrogen-bond donors (Lipinski definition) is 1. The van der Waals surface area contributed by atoms with Crippen molar-refractivity contribution in [2.75, 3.05) is 19.4 Å². The molecule has 21 heavy (non-hydrogen) atoms. The van der Waals surface area contributed by atoms with E-state index in [1.165, 1.54) is 16.7 Å². The lowest BCUT2D eigenvalue weighted by Crippen LogP contribution is -2.33. The minimum absolute atomic E-state index is 0.314. The molecular weight excluding hydrogens is 260 g/mol. The summed E-state index contributed by atoms with van der Waals surface area (Å²) in [7, 11) is 1.73. The summed E-state index contributed by atoms with van der Waals surface area (Å²) in [5.74, 6) is 0.955. The van der Waals surface area contributed by atoms with Crippen molar-refractivity contribution in [3.05, 3.63) is 59.2 Å². The number of anilines is 1. The molecule has 3 heteroatoms. The smallest absolute Gasteiger partial charge is 0.123 e. The molecule has 1 aliphatic rings. The lowest BCUT2D eigenvalue weighted by atomic mass is 9.95.